The summed E-state index contributed by atoms with van der Waals surface area (Å²) in [5.41, 5.74) is 4.67. The van der Waals surface area contributed by atoms with Gasteiger partial charge in [0, 0.05) is 23.8 Å². The van der Waals surface area contributed by atoms with E-state index in [1.54, 1.807) is 6.92 Å². The number of nitrogens with zero attached hydrogens (tertiary/aromatic N) is 1. The zero-order valence-electron chi connectivity index (χ0n) is 15.5. The quantitative estimate of drug-likeness (QED) is 0.151. The molecule has 0 spiro atoms. The van der Waals surface area contributed by atoms with Gasteiger partial charge in [-0.25, -0.2) is 0 Å². The van der Waals surface area contributed by atoms with E-state index in [4.69, 9.17) is 5.73 Å². The molecule has 1 rings (SSSR count). The highest BCUT2D eigenvalue weighted by Gasteiger charge is 2.42. The van der Waals surface area contributed by atoms with Crippen molar-refractivity contribution in [3.63, 3.8) is 0 Å². The number of phenols is 2. The van der Waals surface area contributed by atoms with Gasteiger partial charge in [0.1, 0.15) is 6.29 Å². The summed E-state index contributed by atoms with van der Waals surface area (Å²) in [6, 6.07) is 3.60. The molecule has 1 aromatic carbocycles. The van der Waals surface area contributed by atoms with Crippen LogP contribution >= 0.6 is 7.60 Å². The molecule has 8 N–H and O–H groups in total. The molecule has 2 unspecified atom stereocenters. The van der Waals surface area contributed by atoms with Gasteiger partial charge in [0.15, 0.2) is 11.5 Å². The number of para-hydroxylation sites is 1. The van der Waals surface area contributed by atoms with Gasteiger partial charge in [0.05, 0.1) is 6.61 Å². The fourth-order valence-corrected chi connectivity index (χ4v) is 4.34. The Morgan fingerprint density at radius 1 is 1.19 bits per heavy atom. The van der Waals surface area contributed by atoms with Crippen LogP contribution in [-0.4, -0.2) is 66.7 Å². The van der Waals surface area contributed by atoms with Crippen LogP contribution in [0.4, 0.5) is 0 Å². The smallest absolute Gasteiger partial charge is 0.339 e. The largest absolute Gasteiger partial charge is 0.504 e. The normalized spacial score (nSPS) is 15.7. The molecule has 0 aliphatic heterocycles. The lowest BCUT2D eigenvalue weighted by molar-refractivity contribution is -0.0136. The average molecular weight is 406 g/mol. The monoisotopic (exact) mass is 406 g/mol. The van der Waals surface area contributed by atoms with Crippen molar-refractivity contribution in [2.24, 2.45) is 5.73 Å². The number of aliphatic hydroxyl groups is 2. The van der Waals surface area contributed by atoms with Gasteiger partial charge in [-0.05, 0) is 38.8 Å². The van der Waals surface area contributed by atoms with Crippen molar-refractivity contribution in [2.45, 2.75) is 44.2 Å². The van der Waals surface area contributed by atoms with Gasteiger partial charge in [-0.2, -0.15) is 0 Å². The second kappa shape index (κ2) is 10.4. The third-order valence-corrected chi connectivity index (χ3v) is 5.55. The Kier molecular flexibility index (Phi) is 9.17. The lowest BCUT2D eigenvalue weighted by Crippen LogP contribution is -2.53. The van der Waals surface area contributed by atoms with E-state index in [-0.39, 0.29) is 24.3 Å². The first-order valence-electron chi connectivity index (χ1n) is 8.86. The van der Waals surface area contributed by atoms with Crippen molar-refractivity contribution in [1.29, 1.82) is 0 Å². The number of unbranched alkanes of at least 4 members (excludes halogenated alkanes) is 1. The third-order valence-electron chi connectivity index (χ3n) is 4.88. The molecule has 0 aromatic heterocycles. The maximum Gasteiger partial charge on any atom is 0.339 e. The Balaban J connectivity index is 3.41. The van der Waals surface area contributed by atoms with Gasteiger partial charge in [0.25, 0.3) is 0 Å². The molecule has 0 heterocycles. The predicted molar refractivity (Wildman–Crippen MR) is 101 cm³/mol. The van der Waals surface area contributed by atoms with E-state index in [9.17, 15) is 34.8 Å². The van der Waals surface area contributed by atoms with E-state index in [2.05, 4.69) is 0 Å². The third kappa shape index (κ3) is 6.43. The topological polar surface area (TPSA) is 168 Å². The second-order valence-corrected chi connectivity index (χ2v) is 8.38. The summed E-state index contributed by atoms with van der Waals surface area (Å²) in [4.78, 5) is 20.6. The highest BCUT2D eigenvalue weighted by atomic mass is 31.2. The summed E-state index contributed by atoms with van der Waals surface area (Å²) in [5.74, 6) is -0.742. The van der Waals surface area contributed by atoms with Crippen molar-refractivity contribution in [3.8, 4) is 11.5 Å². The number of aromatic hydroxyl groups is 2. The van der Waals surface area contributed by atoms with E-state index < -0.39 is 37.8 Å². The summed E-state index contributed by atoms with van der Waals surface area (Å²) >= 11 is 0. The van der Waals surface area contributed by atoms with Crippen LogP contribution < -0.4 is 5.73 Å². The first-order chi connectivity index (χ1) is 12.6. The zero-order valence-corrected chi connectivity index (χ0v) is 16.4. The Bertz CT molecular complexity index is 640. The standard InChI is InChI=1S/C17H31N2O7P/c1-13(14-5-4-6-15(22)16(14)23)19(12-27(24,25)26)17(11-21,8-10-20)7-2-3-9-18/h4-6,13,20-23H,2-3,7-12,18H2,1H3,(H2,24,25,26). The summed E-state index contributed by atoms with van der Waals surface area (Å²) in [6.07, 6.45) is 1.01. The molecule has 0 bridgehead atoms. The molecule has 0 aliphatic rings. The number of phenolic OH excluding ortho intramolecular Hbond substituents is 2. The molecular formula is C17H31N2O7P. The van der Waals surface area contributed by atoms with Crippen LogP contribution in [-0.2, 0) is 4.57 Å². The van der Waals surface area contributed by atoms with Crippen molar-refractivity contribution in [1.82, 2.24) is 4.90 Å². The number of hydrogen-bond donors (Lipinski definition) is 7. The first kappa shape index (κ1) is 23.8. The molecule has 0 radical (unpaired) electrons. The van der Waals surface area contributed by atoms with Gasteiger partial charge >= 0.3 is 7.60 Å². The Morgan fingerprint density at radius 2 is 1.85 bits per heavy atom. The van der Waals surface area contributed by atoms with Gasteiger partial charge in [-0.15, -0.1) is 0 Å². The molecule has 0 amide bonds. The number of aliphatic hydroxyl groups excluding tert-OH is 2. The molecule has 156 valence electrons. The van der Waals surface area contributed by atoms with Gasteiger partial charge < -0.3 is 35.9 Å². The van der Waals surface area contributed by atoms with Crippen molar-refractivity contribution in [2.75, 3.05) is 26.0 Å². The lowest BCUT2D eigenvalue weighted by Gasteiger charge is -2.46. The molecule has 2 atom stereocenters. The highest BCUT2D eigenvalue weighted by Crippen LogP contribution is 2.46. The minimum atomic E-state index is -4.53. The lowest BCUT2D eigenvalue weighted by atomic mass is 9.86. The summed E-state index contributed by atoms with van der Waals surface area (Å²) in [6.45, 7) is 1.32. The second-order valence-electron chi connectivity index (χ2n) is 6.77. The van der Waals surface area contributed by atoms with E-state index in [1.165, 1.54) is 23.1 Å². The fraction of sp³-hybridized carbons (Fsp3) is 0.647. The van der Waals surface area contributed by atoms with E-state index >= 15 is 0 Å². The molecule has 0 fully saturated rings. The average Bonchev–Trinajstić information content (AvgIpc) is 2.60. The highest BCUT2D eigenvalue weighted by molar-refractivity contribution is 7.51. The number of nitrogens with two attached hydrogens (primary N) is 1. The fourth-order valence-electron chi connectivity index (χ4n) is 3.40. The van der Waals surface area contributed by atoms with Crippen LogP contribution in [0.5, 0.6) is 11.5 Å². The molecule has 10 heteroatoms. The summed E-state index contributed by atoms with van der Waals surface area (Å²) in [7, 11) is -4.53. The zero-order chi connectivity index (χ0) is 20.7. The van der Waals surface area contributed by atoms with Crippen LogP contribution in [0.1, 0.15) is 44.2 Å². The first-order valence-corrected chi connectivity index (χ1v) is 10.7. The van der Waals surface area contributed by atoms with Crippen molar-refractivity contribution < 1.29 is 34.8 Å². The molecule has 27 heavy (non-hydrogen) atoms. The van der Waals surface area contributed by atoms with Crippen molar-refractivity contribution in [3.05, 3.63) is 23.8 Å². The van der Waals surface area contributed by atoms with Crippen LogP contribution in [0.15, 0.2) is 18.2 Å². The summed E-state index contributed by atoms with van der Waals surface area (Å²) in [5, 5.41) is 39.7. The maximum atomic E-state index is 11.8. The van der Waals surface area contributed by atoms with E-state index in [0.29, 0.717) is 25.8 Å². The minimum Gasteiger partial charge on any atom is -0.504 e. The van der Waals surface area contributed by atoms with Crippen molar-refractivity contribution >= 4 is 7.60 Å². The number of hydrogen-bond acceptors (Lipinski definition) is 7. The minimum absolute atomic E-state index is 0.0813. The van der Waals surface area contributed by atoms with Gasteiger partial charge in [0.2, 0.25) is 0 Å². The molecule has 0 aliphatic carbocycles. The molecule has 1 aromatic rings. The van der Waals surface area contributed by atoms with Gasteiger partial charge in [-0.3, -0.25) is 9.46 Å². The van der Waals surface area contributed by atoms with E-state index in [0.717, 1.165) is 0 Å². The Morgan fingerprint density at radius 3 is 2.37 bits per heavy atom. The predicted octanol–water partition coefficient (Wildman–Crippen LogP) is 0.838. The van der Waals surface area contributed by atoms with Crippen LogP contribution in [0.3, 0.4) is 0 Å². The maximum absolute atomic E-state index is 11.8. The SMILES string of the molecule is CC(c1cccc(O)c1O)N(CP(=O)(O)O)C(CO)(CCO)CCCCN. The van der Waals surface area contributed by atoms with Gasteiger partial charge in [-0.1, -0.05) is 18.6 Å². The Hall–Kier alpha value is -1.19. The summed E-state index contributed by atoms with van der Waals surface area (Å²) < 4.78 is 11.8. The van der Waals surface area contributed by atoms with E-state index in [1.807, 2.05) is 0 Å². The van der Waals surface area contributed by atoms with Crippen LogP contribution in [0.25, 0.3) is 0 Å². The molecular weight excluding hydrogens is 375 g/mol. The number of benzene rings is 1. The molecule has 0 saturated heterocycles. The molecule has 9 nitrogen and oxygen atoms in total. The van der Waals surface area contributed by atoms with Crippen LogP contribution in [0.2, 0.25) is 0 Å². The number of rotatable bonds is 12. The van der Waals surface area contributed by atoms with Crippen LogP contribution in [0, 0.1) is 0 Å². The molecule has 0 saturated carbocycles. The Labute approximate surface area is 159 Å².